The number of carboxylic acids is 1. The molecular formula is C17H15Cl2NO3S. The molecule has 7 heteroatoms. The Kier molecular flexibility index (Phi) is 6.97. The highest BCUT2D eigenvalue weighted by atomic mass is 35.5. The fourth-order valence-corrected chi connectivity index (χ4v) is 3.03. The summed E-state index contributed by atoms with van der Waals surface area (Å²) in [4.78, 5) is 22.6. The second-order valence-electron chi connectivity index (χ2n) is 5.02. The van der Waals surface area contributed by atoms with E-state index in [1.165, 1.54) is 23.9 Å². The molecule has 1 amide bonds. The van der Waals surface area contributed by atoms with Crippen LogP contribution in [0.3, 0.4) is 0 Å². The quantitative estimate of drug-likeness (QED) is 0.750. The fourth-order valence-electron chi connectivity index (χ4n) is 1.91. The Hall–Kier alpha value is -1.69. The topological polar surface area (TPSA) is 66.4 Å². The predicted molar refractivity (Wildman–Crippen MR) is 97.9 cm³/mol. The van der Waals surface area contributed by atoms with E-state index < -0.39 is 5.97 Å². The number of thioether (sulfide) groups is 1. The van der Waals surface area contributed by atoms with E-state index in [1.54, 1.807) is 24.3 Å². The first-order valence-electron chi connectivity index (χ1n) is 7.06. The second kappa shape index (κ2) is 8.97. The van der Waals surface area contributed by atoms with Gasteiger partial charge in [-0.1, -0.05) is 41.4 Å². The third-order valence-corrected chi connectivity index (χ3v) is 4.92. The van der Waals surface area contributed by atoms with Crippen molar-refractivity contribution in [1.82, 2.24) is 5.32 Å². The standard InChI is InChI=1S/C17H15Cl2NO3S/c18-14-6-3-12(7-15(14)19)9-24-10-16(21)20-8-11-1-4-13(5-2-11)17(22)23/h1-7H,8-10H2,(H,20,21)(H,22,23). The highest BCUT2D eigenvalue weighted by Crippen LogP contribution is 2.24. The molecule has 0 heterocycles. The Morgan fingerprint density at radius 1 is 1.00 bits per heavy atom. The molecule has 0 unspecified atom stereocenters. The molecule has 0 spiro atoms. The fraction of sp³-hybridized carbons (Fsp3) is 0.176. The van der Waals surface area contributed by atoms with E-state index in [0.29, 0.717) is 28.1 Å². The van der Waals surface area contributed by atoms with Crippen molar-refractivity contribution >= 4 is 46.8 Å². The molecule has 0 aromatic heterocycles. The zero-order valence-corrected chi connectivity index (χ0v) is 14.9. The molecule has 2 aromatic carbocycles. The molecule has 0 radical (unpaired) electrons. The first-order chi connectivity index (χ1) is 11.5. The molecule has 126 valence electrons. The van der Waals surface area contributed by atoms with Crippen molar-refractivity contribution in [3.8, 4) is 0 Å². The summed E-state index contributed by atoms with van der Waals surface area (Å²) in [5.41, 5.74) is 2.08. The average Bonchev–Trinajstić information content (AvgIpc) is 2.56. The summed E-state index contributed by atoms with van der Waals surface area (Å²) in [7, 11) is 0. The number of hydrogen-bond acceptors (Lipinski definition) is 3. The van der Waals surface area contributed by atoms with E-state index in [1.807, 2.05) is 6.07 Å². The molecule has 0 aliphatic heterocycles. The van der Waals surface area contributed by atoms with Crippen molar-refractivity contribution < 1.29 is 14.7 Å². The molecular weight excluding hydrogens is 369 g/mol. The molecule has 2 rings (SSSR count). The van der Waals surface area contributed by atoms with Gasteiger partial charge in [0.05, 0.1) is 21.4 Å². The molecule has 0 atom stereocenters. The first kappa shape index (κ1) is 18.6. The van der Waals surface area contributed by atoms with Gasteiger partial charge in [0, 0.05) is 12.3 Å². The van der Waals surface area contributed by atoms with Gasteiger partial charge in [0.1, 0.15) is 0 Å². The van der Waals surface area contributed by atoms with Crippen molar-refractivity contribution in [2.75, 3.05) is 5.75 Å². The maximum absolute atomic E-state index is 11.8. The molecule has 2 aromatic rings. The molecule has 0 saturated carbocycles. The molecule has 0 bridgehead atoms. The van der Waals surface area contributed by atoms with Crippen molar-refractivity contribution in [3.63, 3.8) is 0 Å². The van der Waals surface area contributed by atoms with E-state index >= 15 is 0 Å². The highest BCUT2D eigenvalue weighted by molar-refractivity contribution is 7.99. The van der Waals surface area contributed by atoms with Crippen LogP contribution < -0.4 is 5.32 Å². The molecule has 4 nitrogen and oxygen atoms in total. The van der Waals surface area contributed by atoms with Crippen LogP contribution in [-0.4, -0.2) is 22.7 Å². The number of amides is 1. The molecule has 2 N–H and O–H groups in total. The zero-order valence-electron chi connectivity index (χ0n) is 12.6. The van der Waals surface area contributed by atoms with E-state index in [0.717, 1.165) is 11.1 Å². The van der Waals surface area contributed by atoms with Crippen molar-refractivity contribution in [2.45, 2.75) is 12.3 Å². The van der Waals surface area contributed by atoms with Gasteiger partial charge >= 0.3 is 5.97 Å². The average molecular weight is 384 g/mol. The zero-order chi connectivity index (χ0) is 17.5. The van der Waals surface area contributed by atoms with Crippen molar-refractivity contribution in [2.24, 2.45) is 0 Å². The predicted octanol–water partition coefficient (Wildman–Crippen LogP) is 4.24. The van der Waals surface area contributed by atoms with Crippen LogP contribution in [0, 0.1) is 0 Å². The molecule has 24 heavy (non-hydrogen) atoms. The minimum absolute atomic E-state index is 0.0811. The Morgan fingerprint density at radius 3 is 2.29 bits per heavy atom. The van der Waals surface area contributed by atoms with E-state index in [2.05, 4.69) is 5.32 Å². The van der Waals surface area contributed by atoms with Crippen molar-refractivity contribution in [3.05, 3.63) is 69.2 Å². The van der Waals surface area contributed by atoms with Crippen LogP contribution in [0.5, 0.6) is 0 Å². The number of benzene rings is 2. The van der Waals surface area contributed by atoms with E-state index in [9.17, 15) is 9.59 Å². The van der Waals surface area contributed by atoms with Gasteiger partial charge in [-0.3, -0.25) is 4.79 Å². The minimum Gasteiger partial charge on any atom is -0.478 e. The number of nitrogens with one attached hydrogen (secondary N) is 1. The van der Waals surface area contributed by atoms with Gasteiger partial charge in [-0.2, -0.15) is 0 Å². The summed E-state index contributed by atoms with van der Waals surface area (Å²) in [5, 5.41) is 12.6. The lowest BCUT2D eigenvalue weighted by atomic mass is 10.1. The monoisotopic (exact) mass is 383 g/mol. The van der Waals surface area contributed by atoms with Crippen LogP contribution in [-0.2, 0) is 17.1 Å². The SMILES string of the molecule is O=C(CSCc1ccc(Cl)c(Cl)c1)NCc1ccc(C(=O)O)cc1. The van der Waals surface area contributed by atoms with Crippen LogP contribution in [0.15, 0.2) is 42.5 Å². The van der Waals surface area contributed by atoms with Gasteiger partial charge < -0.3 is 10.4 Å². The van der Waals surface area contributed by atoms with Crippen LogP contribution in [0.25, 0.3) is 0 Å². The van der Waals surface area contributed by atoms with E-state index in [4.69, 9.17) is 28.3 Å². The number of halogens is 2. The van der Waals surface area contributed by atoms with E-state index in [-0.39, 0.29) is 11.5 Å². The van der Waals surface area contributed by atoms with Crippen LogP contribution in [0.4, 0.5) is 0 Å². The second-order valence-corrected chi connectivity index (χ2v) is 6.82. The summed E-state index contributed by atoms with van der Waals surface area (Å²) in [5.74, 6) is -0.0582. The number of aromatic carboxylic acids is 1. The van der Waals surface area contributed by atoms with Gasteiger partial charge in [-0.25, -0.2) is 4.79 Å². The summed E-state index contributed by atoms with van der Waals surface area (Å²) in [6.45, 7) is 0.367. The van der Waals surface area contributed by atoms with Gasteiger partial charge in [0.15, 0.2) is 0 Å². The van der Waals surface area contributed by atoms with Crippen molar-refractivity contribution in [1.29, 1.82) is 0 Å². The Morgan fingerprint density at radius 2 is 1.67 bits per heavy atom. The van der Waals surface area contributed by atoms with Crippen LogP contribution in [0.2, 0.25) is 10.0 Å². The largest absolute Gasteiger partial charge is 0.478 e. The Balaban J connectivity index is 1.73. The highest BCUT2D eigenvalue weighted by Gasteiger charge is 2.05. The number of rotatable bonds is 7. The first-order valence-corrected chi connectivity index (χ1v) is 8.97. The number of carbonyl (C=O) groups excluding carboxylic acids is 1. The maximum atomic E-state index is 11.8. The molecule has 0 aliphatic carbocycles. The van der Waals surface area contributed by atoms with Gasteiger partial charge in [-0.05, 0) is 35.4 Å². The lowest BCUT2D eigenvalue weighted by Crippen LogP contribution is -2.24. The van der Waals surface area contributed by atoms with Crippen LogP contribution in [0.1, 0.15) is 21.5 Å². The summed E-state index contributed by atoms with van der Waals surface area (Å²) >= 11 is 13.3. The Labute approximate surface area is 154 Å². The molecule has 0 aliphatic rings. The smallest absolute Gasteiger partial charge is 0.335 e. The van der Waals surface area contributed by atoms with Crippen LogP contribution >= 0.6 is 35.0 Å². The minimum atomic E-state index is -0.968. The summed E-state index contributed by atoms with van der Waals surface area (Å²) < 4.78 is 0. The number of carbonyl (C=O) groups is 2. The lowest BCUT2D eigenvalue weighted by Gasteiger charge is -2.06. The third kappa shape index (κ3) is 5.74. The third-order valence-electron chi connectivity index (χ3n) is 3.18. The molecule has 0 fully saturated rings. The van der Waals surface area contributed by atoms with Gasteiger partial charge in [-0.15, -0.1) is 11.8 Å². The summed E-state index contributed by atoms with van der Waals surface area (Å²) in [6, 6.07) is 11.8. The maximum Gasteiger partial charge on any atom is 0.335 e. The number of hydrogen-bond donors (Lipinski definition) is 2. The normalized spacial score (nSPS) is 10.4. The Bertz CT molecular complexity index is 735. The molecule has 0 saturated heterocycles. The lowest BCUT2D eigenvalue weighted by molar-refractivity contribution is -0.118. The summed E-state index contributed by atoms with van der Waals surface area (Å²) in [6.07, 6.45) is 0. The van der Waals surface area contributed by atoms with Gasteiger partial charge in [0.2, 0.25) is 5.91 Å². The van der Waals surface area contributed by atoms with Gasteiger partial charge in [0.25, 0.3) is 0 Å². The number of carboxylic acid groups (broad SMARTS) is 1.